The maximum Gasteiger partial charge on any atom is 0.137 e. The summed E-state index contributed by atoms with van der Waals surface area (Å²) in [5.74, 6) is 0.672. The molecule has 1 aromatic carbocycles. The highest BCUT2D eigenvalue weighted by atomic mass is 79.9. The molecule has 0 aromatic heterocycles. The molecule has 0 aliphatic heterocycles. The average molecular weight is 240 g/mol. The van der Waals surface area contributed by atoms with Crippen LogP contribution >= 0.6 is 15.9 Å². The van der Waals surface area contributed by atoms with Crippen molar-refractivity contribution in [2.45, 2.75) is 6.42 Å². The number of ether oxygens (including phenoxy) is 1. The molecule has 0 saturated heterocycles. The van der Waals surface area contributed by atoms with Crippen LogP contribution in [0.2, 0.25) is 0 Å². The van der Waals surface area contributed by atoms with E-state index in [1.54, 1.807) is 6.07 Å². The molecule has 68 valence electrons. The molecule has 0 aliphatic rings. The molecular formula is C10H10BrNO. The Morgan fingerprint density at radius 3 is 2.85 bits per heavy atom. The smallest absolute Gasteiger partial charge is 0.137 e. The molecule has 0 saturated carbocycles. The Labute approximate surface area is 86.3 Å². The molecule has 0 bridgehead atoms. The van der Waals surface area contributed by atoms with Gasteiger partial charge in [0, 0.05) is 5.33 Å². The SMILES string of the molecule is N#Cc1ccccc1OCCCBr. The predicted octanol–water partition coefficient (Wildman–Crippen LogP) is 2.72. The van der Waals surface area contributed by atoms with E-state index < -0.39 is 0 Å². The molecule has 3 heteroatoms. The Kier molecular flexibility index (Phi) is 4.34. The van der Waals surface area contributed by atoms with Gasteiger partial charge < -0.3 is 4.74 Å². The molecule has 1 aromatic rings. The molecule has 0 N–H and O–H groups in total. The van der Waals surface area contributed by atoms with Crippen LogP contribution in [-0.4, -0.2) is 11.9 Å². The minimum atomic E-state index is 0.595. The number of hydrogen-bond donors (Lipinski definition) is 0. The largest absolute Gasteiger partial charge is 0.492 e. The van der Waals surface area contributed by atoms with Gasteiger partial charge in [0.05, 0.1) is 12.2 Å². The number of rotatable bonds is 4. The van der Waals surface area contributed by atoms with E-state index >= 15 is 0 Å². The van der Waals surface area contributed by atoms with Crippen molar-refractivity contribution < 1.29 is 4.74 Å². The van der Waals surface area contributed by atoms with E-state index in [0.717, 1.165) is 11.8 Å². The zero-order chi connectivity index (χ0) is 9.52. The van der Waals surface area contributed by atoms with Gasteiger partial charge in [0.25, 0.3) is 0 Å². The standard InChI is InChI=1S/C10H10BrNO/c11-6-3-7-13-10-5-2-1-4-9(10)8-12/h1-2,4-5H,3,6-7H2. The summed E-state index contributed by atoms with van der Waals surface area (Å²) in [6.07, 6.45) is 0.944. The first kappa shape index (κ1) is 10.1. The molecule has 0 spiro atoms. The van der Waals surface area contributed by atoms with Gasteiger partial charge >= 0.3 is 0 Å². The fourth-order valence-electron chi connectivity index (χ4n) is 0.922. The molecule has 0 heterocycles. The van der Waals surface area contributed by atoms with Crippen molar-refractivity contribution in [2.24, 2.45) is 0 Å². The zero-order valence-corrected chi connectivity index (χ0v) is 8.75. The number of benzene rings is 1. The third kappa shape index (κ3) is 3.08. The van der Waals surface area contributed by atoms with E-state index in [4.69, 9.17) is 10.00 Å². The van der Waals surface area contributed by atoms with Crippen LogP contribution in [0.15, 0.2) is 24.3 Å². The summed E-state index contributed by atoms with van der Waals surface area (Å²) in [5.41, 5.74) is 0.595. The fraction of sp³-hybridized carbons (Fsp3) is 0.300. The summed E-state index contributed by atoms with van der Waals surface area (Å²) in [7, 11) is 0. The van der Waals surface area contributed by atoms with Gasteiger partial charge in [0.15, 0.2) is 0 Å². The molecule has 2 nitrogen and oxygen atoms in total. The molecule has 0 aliphatic carbocycles. The van der Waals surface area contributed by atoms with Gasteiger partial charge in [-0.15, -0.1) is 0 Å². The highest BCUT2D eigenvalue weighted by molar-refractivity contribution is 9.09. The van der Waals surface area contributed by atoms with Crippen molar-refractivity contribution in [3.8, 4) is 11.8 Å². The summed E-state index contributed by atoms with van der Waals surface area (Å²) < 4.78 is 5.42. The second-order valence-electron chi connectivity index (χ2n) is 2.50. The van der Waals surface area contributed by atoms with Crippen molar-refractivity contribution in [3.05, 3.63) is 29.8 Å². The van der Waals surface area contributed by atoms with Gasteiger partial charge in [0.1, 0.15) is 11.8 Å². The van der Waals surface area contributed by atoms with Crippen molar-refractivity contribution >= 4 is 15.9 Å². The van der Waals surface area contributed by atoms with Crippen LogP contribution < -0.4 is 4.74 Å². The summed E-state index contributed by atoms with van der Waals surface area (Å²) in [6, 6.07) is 9.35. The lowest BCUT2D eigenvalue weighted by Crippen LogP contribution is -1.98. The van der Waals surface area contributed by atoms with Gasteiger partial charge in [0.2, 0.25) is 0 Å². The first-order valence-corrected chi connectivity index (χ1v) is 5.18. The molecule has 0 unspecified atom stereocenters. The van der Waals surface area contributed by atoms with E-state index in [9.17, 15) is 0 Å². The van der Waals surface area contributed by atoms with Gasteiger partial charge in [-0.3, -0.25) is 0 Å². The topological polar surface area (TPSA) is 33.0 Å². The summed E-state index contributed by atoms with van der Waals surface area (Å²) in [5, 5.41) is 9.65. The quantitative estimate of drug-likeness (QED) is 0.598. The van der Waals surface area contributed by atoms with E-state index in [2.05, 4.69) is 22.0 Å². The van der Waals surface area contributed by atoms with Crippen molar-refractivity contribution in [2.75, 3.05) is 11.9 Å². The van der Waals surface area contributed by atoms with E-state index in [1.165, 1.54) is 0 Å². The van der Waals surface area contributed by atoms with Crippen LogP contribution in [0.1, 0.15) is 12.0 Å². The van der Waals surface area contributed by atoms with Crippen LogP contribution in [-0.2, 0) is 0 Å². The van der Waals surface area contributed by atoms with Crippen LogP contribution in [0.25, 0.3) is 0 Å². The highest BCUT2D eigenvalue weighted by Crippen LogP contribution is 2.16. The second-order valence-corrected chi connectivity index (χ2v) is 3.29. The fourth-order valence-corrected chi connectivity index (χ4v) is 1.15. The second kappa shape index (κ2) is 5.60. The third-order valence-corrected chi connectivity index (χ3v) is 2.10. The van der Waals surface area contributed by atoms with Crippen LogP contribution in [0.3, 0.4) is 0 Å². The van der Waals surface area contributed by atoms with Gasteiger partial charge in [-0.25, -0.2) is 0 Å². The van der Waals surface area contributed by atoms with Crippen molar-refractivity contribution in [3.63, 3.8) is 0 Å². The first-order valence-electron chi connectivity index (χ1n) is 4.06. The first-order chi connectivity index (χ1) is 6.38. The monoisotopic (exact) mass is 239 g/mol. The Morgan fingerprint density at radius 2 is 2.15 bits per heavy atom. The molecule has 1 rings (SSSR count). The summed E-state index contributed by atoms with van der Waals surface area (Å²) in [4.78, 5) is 0. The van der Waals surface area contributed by atoms with Crippen molar-refractivity contribution in [1.82, 2.24) is 0 Å². The third-order valence-electron chi connectivity index (χ3n) is 1.54. The normalized spacial score (nSPS) is 9.23. The van der Waals surface area contributed by atoms with Crippen molar-refractivity contribution in [1.29, 1.82) is 5.26 Å². The number of alkyl halides is 1. The Hall–Kier alpha value is -1.01. The lowest BCUT2D eigenvalue weighted by Gasteiger charge is -2.05. The summed E-state index contributed by atoms with van der Waals surface area (Å²) in [6.45, 7) is 0.643. The molecule has 0 atom stereocenters. The number of halogens is 1. The Bertz CT molecular complexity index is 306. The number of hydrogen-bond acceptors (Lipinski definition) is 2. The number of para-hydroxylation sites is 1. The number of nitrogens with zero attached hydrogens (tertiary/aromatic N) is 1. The van der Waals surface area contributed by atoms with Gasteiger partial charge in [-0.2, -0.15) is 5.26 Å². The lowest BCUT2D eigenvalue weighted by molar-refractivity contribution is 0.318. The maximum atomic E-state index is 8.74. The van der Waals surface area contributed by atoms with Gasteiger partial charge in [-0.05, 0) is 18.6 Å². The van der Waals surface area contributed by atoms with Crippen LogP contribution in [0, 0.1) is 11.3 Å². The molecule has 13 heavy (non-hydrogen) atoms. The average Bonchev–Trinajstić information content (AvgIpc) is 2.19. The van der Waals surface area contributed by atoms with E-state index in [0.29, 0.717) is 17.9 Å². The van der Waals surface area contributed by atoms with Crippen LogP contribution in [0.5, 0.6) is 5.75 Å². The molecule has 0 amide bonds. The maximum absolute atomic E-state index is 8.74. The van der Waals surface area contributed by atoms with E-state index in [-0.39, 0.29) is 0 Å². The lowest BCUT2D eigenvalue weighted by atomic mass is 10.2. The highest BCUT2D eigenvalue weighted by Gasteiger charge is 1.99. The minimum absolute atomic E-state index is 0.595. The Balaban J connectivity index is 2.60. The zero-order valence-electron chi connectivity index (χ0n) is 7.16. The van der Waals surface area contributed by atoms with Gasteiger partial charge in [-0.1, -0.05) is 28.1 Å². The molecular weight excluding hydrogens is 230 g/mol. The predicted molar refractivity (Wildman–Crippen MR) is 55.1 cm³/mol. The van der Waals surface area contributed by atoms with E-state index in [1.807, 2.05) is 18.2 Å². The molecule has 0 fully saturated rings. The number of nitriles is 1. The minimum Gasteiger partial charge on any atom is -0.492 e. The summed E-state index contributed by atoms with van der Waals surface area (Å²) >= 11 is 3.31. The van der Waals surface area contributed by atoms with Crippen LogP contribution in [0.4, 0.5) is 0 Å². The molecule has 0 radical (unpaired) electrons. The Morgan fingerprint density at radius 1 is 1.38 bits per heavy atom.